The fraction of sp³-hybridized carbons (Fsp3) is 0.200. The third-order valence-electron chi connectivity index (χ3n) is 2.80. The van der Waals surface area contributed by atoms with Gasteiger partial charge in [0.1, 0.15) is 11.5 Å². The Balaban J connectivity index is 2.23. The minimum Gasteiger partial charge on any atom is -0.508 e. The normalized spacial score (nSPS) is 13.1. The Labute approximate surface area is 124 Å². The number of aromatic hydroxyl groups is 2. The van der Waals surface area contributed by atoms with Crippen molar-refractivity contribution in [3.63, 3.8) is 0 Å². The van der Waals surface area contributed by atoms with Crippen LogP contribution in [0.15, 0.2) is 53.4 Å². The van der Waals surface area contributed by atoms with Crippen LogP contribution < -0.4 is 0 Å². The van der Waals surface area contributed by atoms with Gasteiger partial charge in [0.2, 0.25) is 0 Å². The SMILES string of the molecule is Oc1ccc(SC(CC(F)(F)F)c2ccc(O)cc2)cc1. The van der Waals surface area contributed by atoms with Crippen molar-refractivity contribution in [3.05, 3.63) is 54.1 Å². The number of phenolic OH excluding ortho intramolecular Hbond substituents is 2. The van der Waals surface area contributed by atoms with Gasteiger partial charge in [0, 0.05) is 10.1 Å². The number of alkyl halides is 3. The van der Waals surface area contributed by atoms with E-state index in [0.29, 0.717) is 10.5 Å². The summed E-state index contributed by atoms with van der Waals surface area (Å²) in [7, 11) is 0. The van der Waals surface area contributed by atoms with Crippen LogP contribution in [0.5, 0.6) is 11.5 Å². The Morgan fingerprint density at radius 3 is 1.81 bits per heavy atom. The molecule has 0 aliphatic carbocycles. The van der Waals surface area contributed by atoms with Gasteiger partial charge < -0.3 is 10.2 Å². The lowest BCUT2D eigenvalue weighted by molar-refractivity contribution is -0.134. The second-order valence-electron chi connectivity index (χ2n) is 4.51. The molecule has 2 N–H and O–H groups in total. The first-order valence-electron chi connectivity index (χ1n) is 6.15. The number of halogens is 3. The van der Waals surface area contributed by atoms with Gasteiger partial charge in [-0.1, -0.05) is 12.1 Å². The van der Waals surface area contributed by atoms with Gasteiger partial charge in [-0.2, -0.15) is 13.2 Å². The van der Waals surface area contributed by atoms with Crippen LogP contribution in [0.2, 0.25) is 0 Å². The van der Waals surface area contributed by atoms with Gasteiger partial charge in [0.25, 0.3) is 0 Å². The van der Waals surface area contributed by atoms with E-state index < -0.39 is 17.8 Å². The molecule has 0 heterocycles. The van der Waals surface area contributed by atoms with E-state index >= 15 is 0 Å². The predicted molar refractivity (Wildman–Crippen MR) is 75.5 cm³/mol. The van der Waals surface area contributed by atoms with Gasteiger partial charge >= 0.3 is 6.18 Å². The van der Waals surface area contributed by atoms with Crippen LogP contribution in [-0.2, 0) is 0 Å². The van der Waals surface area contributed by atoms with Crippen LogP contribution in [0.4, 0.5) is 13.2 Å². The third-order valence-corrected chi connectivity index (χ3v) is 4.06. The molecule has 112 valence electrons. The predicted octanol–water partition coefficient (Wildman–Crippen LogP) is 4.88. The molecule has 0 aliphatic rings. The summed E-state index contributed by atoms with van der Waals surface area (Å²) in [5.74, 6) is 0.0792. The van der Waals surface area contributed by atoms with Crippen molar-refractivity contribution in [3.8, 4) is 11.5 Å². The summed E-state index contributed by atoms with van der Waals surface area (Å²) in [5, 5.41) is 17.6. The Bertz CT molecular complexity index is 579. The smallest absolute Gasteiger partial charge is 0.390 e. The first-order valence-corrected chi connectivity index (χ1v) is 7.03. The highest BCUT2D eigenvalue weighted by atomic mass is 32.2. The van der Waals surface area contributed by atoms with Crippen LogP contribution in [-0.4, -0.2) is 16.4 Å². The van der Waals surface area contributed by atoms with E-state index in [0.717, 1.165) is 11.8 Å². The fourth-order valence-corrected chi connectivity index (χ4v) is 3.00. The molecule has 0 radical (unpaired) electrons. The van der Waals surface area contributed by atoms with Crippen molar-refractivity contribution in [2.24, 2.45) is 0 Å². The number of hydrogen-bond donors (Lipinski definition) is 2. The number of hydrogen-bond acceptors (Lipinski definition) is 3. The number of phenols is 2. The summed E-state index contributed by atoms with van der Waals surface area (Å²) in [4.78, 5) is 0.634. The van der Waals surface area contributed by atoms with Crippen molar-refractivity contribution in [2.45, 2.75) is 22.7 Å². The maximum atomic E-state index is 12.7. The van der Waals surface area contributed by atoms with Crippen LogP contribution >= 0.6 is 11.8 Å². The highest BCUT2D eigenvalue weighted by Gasteiger charge is 2.33. The summed E-state index contributed by atoms with van der Waals surface area (Å²) in [6, 6.07) is 11.7. The molecule has 0 saturated heterocycles. The summed E-state index contributed by atoms with van der Waals surface area (Å²) >= 11 is 1.07. The lowest BCUT2D eigenvalue weighted by Gasteiger charge is -2.19. The maximum absolute atomic E-state index is 12.7. The Hall–Kier alpha value is -1.82. The fourth-order valence-electron chi connectivity index (χ4n) is 1.82. The van der Waals surface area contributed by atoms with Gasteiger partial charge in [0.05, 0.1) is 6.42 Å². The molecular formula is C15H13F3O2S. The van der Waals surface area contributed by atoms with Gasteiger partial charge in [-0.15, -0.1) is 11.8 Å². The number of benzene rings is 2. The molecule has 0 aliphatic heterocycles. The first kappa shape index (κ1) is 15.6. The van der Waals surface area contributed by atoms with E-state index in [9.17, 15) is 23.4 Å². The van der Waals surface area contributed by atoms with Crippen LogP contribution in [0.25, 0.3) is 0 Å². The molecule has 2 rings (SSSR count). The van der Waals surface area contributed by atoms with Gasteiger partial charge in [-0.25, -0.2) is 0 Å². The average Bonchev–Trinajstić information content (AvgIpc) is 2.40. The molecular weight excluding hydrogens is 301 g/mol. The molecule has 1 unspecified atom stereocenters. The highest BCUT2D eigenvalue weighted by Crippen LogP contribution is 2.43. The van der Waals surface area contributed by atoms with Crippen LogP contribution in [0.3, 0.4) is 0 Å². The van der Waals surface area contributed by atoms with E-state index in [-0.39, 0.29) is 11.5 Å². The van der Waals surface area contributed by atoms with Crippen LogP contribution in [0.1, 0.15) is 17.2 Å². The Kier molecular flexibility index (Phi) is 4.67. The molecule has 0 bridgehead atoms. The molecule has 2 nitrogen and oxygen atoms in total. The summed E-state index contributed by atoms with van der Waals surface area (Å²) in [6.45, 7) is 0. The van der Waals surface area contributed by atoms with Crippen LogP contribution in [0, 0.1) is 0 Å². The minimum absolute atomic E-state index is 0.0131. The molecule has 1 atom stereocenters. The van der Waals surface area contributed by atoms with E-state index in [2.05, 4.69) is 0 Å². The molecule has 0 aromatic heterocycles. The zero-order chi connectivity index (χ0) is 15.5. The van der Waals surface area contributed by atoms with E-state index in [1.54, 1.807) is 12.1 Å². The molecule has 6 heteroatoms. The van der Waals surface area contributed by atoms with E-state index in [1.807, 2.05) is 0 Å². The minimum atomic E-state index is -4.29. The molecule has 2 aromatic rings. The van der Waals surface area contributed by atoms with Crippen molar-refractivity contribution < 1.29 is 23.4 Å². The van der Waals surface area contributed by atoms with Crippen molar-refractivity contribution in [2.75, 3.05) is 0 Å². The largest absolute Gasteiger partial charge is 0.508 e. The molecule has 0 saturated carbocycles. The second-order valence-corrected chi connectivity index (χ2v) is 5.79. The zero-order valence-electron chi connectivity index (χ0n) is 10.8. The second kappa shape index (κ2) is 6.30. The summed E-state index contributed by atoms with van der Waals surface area (Å²) < 4.78 is 38.2. The third kappa shape index (κ3) is 4.90. The van der Waals surface area contributed by atoms with E-state index in [1.165, 1.54) is 36.4 Å². The molecule has 2 aromatic carbocycles. The Morgan fingerprint density at radius 2 is 1.33 bits per heavy atom. The van der Waals surface area contributed by atoms with Gasteiger partial charge in [-0.05, 0) is 42.0 Å². The highest BCUT2D eigenvalue weighted by molar-refractivity contribution is 7.99. The number of rotatable bonds is 4. The van der Waals surface area contributed by atoms with Crippen molar-refractivity contribution >= 4 is 11.8 Å². The van der Waals surface area contributed by atoms with Gasteiger partial charge in [-0.3, -0.25) is 0 Å². The number of thioether (sulfide) groups is 1. The molecule has 21 heavy (non-hydrogen) atoms. The van der Waals surface area contributed by atoms with Gasteiger partial charge in [0.15, 0.2) is 0 Å². The molecule has 0 fully saturated rings. The lowest BCUT2D eigenvalue weighted by atomic mass is 10.1. The first-order chi connectivity index (χ1) is 9.83. The maximum Gasteiger partial charge on any atom is 0.390 e. The summed E-state index contributed by atoms with van der Waals surface area (Å²) in [5.41, 5.74) is 0.489. The standard InChI is InChI=1S/C15H13F3O2S/c16-15(17,18)9-14(10-1-3-11(19)4-2-10)21-13-7-5-12(20)6-8-13/h1-8,14,19-20H,9H2. The molecule has 0 spiro atoms. The lowest BCUT2D eigenvalue weighted by Crippen LogP contribution is -2.12. The van der Waals surface area contributed by atoms with E-state index in [4.69, 9.17) is 0 Å². The molecule has 0 amide bonds. The Morgan fingerprint density at radius 1 is 0.857 bits per heavy atom. The van der Waals surface area contributed by atoms with Crippen molar-refractivity contribution in [1.82, 2.24) is 0 Å². The zero-order valence-corrected chi connectivity index (χ0v) is 11.7. The average molecular weight is 314 g/mol. The monoisotopic (exact) mass is 314 g/mol. The summed E-state index contributed by atoms with van der Waals surface area (Å²) in [6.07, 6.45) is -5.25. The van der Waals surface area contributed by atoms with Crippen molar-refractivity contribution in [1.29, 1.82) is 0 Å². The topological polar surface area (TPSA) is 40.5 Å². The quantitative estimate of drug-likeness (QED) is 0.790.